The first-order chi connectivity index (χ1) is 11.1. The highest BCUT2D eigenvalue weighted by atomic mass is 16.6. The molecule has 0 aromatic heterocycles. The first-order valence-corrected chi connectivity index (χ1v) is 8.38. The van der Waals surface area contributed by atoms with Crippen molar-refractivity contribution in [2.45, 2.75) is 58.5 Å². The molecule has 136 valence electrons. The molecule has 1 aliphatic carbocycles. The average Bonchev–Trinajstić information content (AvgIpc) is 2.71. The van der Waals surface area contributed by atoms with E-state index in [0.717, 1.165) is 12.8 Å². The van der Waals surface area contributed by atoms with E-state index in [1.54, 1.807) is 20.8 Å². The van der Waals surface area contributed by atoms with Crippen molar-refractivity contribution in [1.29, 1.82) is 0 Å². The van der Waals surface area contributed by atoms with Gasteiger partial charge in [0.1, 0.15) is 16.4 Å². The van der Waals surface area contributed by atoms with E-state index < -0.39 is 34.5 Å². The van der Waals surface area contributed by atoms with Crippen LogP contribution in [0.5, 0.6) is 0 Å². The Labute approximate surface area is 142 Å². The Bertz CT molecular complexity index is 540. The maximum Gasteiger partial charge on any atom is 0.410 e. The first-order valence-electron chi connectivity index (χ1n) is 8.38. The molecular weight excluding hydrogens is 314 g/mol. The highest BCUT2D eigenvalue weighted by Gasteiger charge is 2.67. The monoisotopic (exact) mass is 341 g/mol. The molecule has 1 saturated heterocycles. The Morgan fingerprint density at radius 2 is 1.54 bits per heavy atom. The Morgan fingerprint density at radius 3 is 2.04 bits per heavy atom. The fraction of sp³-hybridized carbons (Fsp3) is 0.824. The summed E-state index contributed by atoms with van der Waals surface area (Å²) < 4.78 is 10.4. The fourth-order valence-corrected chi connectivity index (χ4v) is 4.07. The van der Waals surface area contributed by atoms with Crippen molar-refractivity contribution in [3.05, 3.63) is 0 Å². The molecule has 0 aromatic rings. The Hall–Kier alpha value is -1.79. The molecule has 0 spiro atoms. The van der Waals surface area contributed by atoms with Gasteiger partial charge >= 0.3 is 18.0 Å². The number of hydrogen-bond donors (Lipinski definition) is 1. The number of fused-ring (bicyclic) bond motifs is 1. The van der Waals surface area contributed by atoms with Crippen LogP contribution in [-0.4, -0.2) is 53.8 Å². The topological polar surface area (TPSA) is 93.1 Å². The lowest BCUT2D eigenvalue weighted by Gasteiger charge is -2.37. The minimum absolute atomic E-state index is 0.0215. The quantitative estimate of drug-likeness (QED) is 0.775. The normalized spacial score (nSPS) is 30.2. The molecule has 1 aliphatic heterocycles. The van der Waals surface area contributed by atoms with Gasteiger partial charge in [-0.2, -0.15) is 0 Å². The summed E-state index contributed by atoms with van der Waals surface area (Å²) >= 11 is 0. The molecule has 1 heterocycles. The van der Waals surface area contributed by atoms with Crippen LogP contribution in [0.4, 0.5) is 4.79 Å². The van der Waals surface area contributed by atoms with Crippen LogP contribution >= 0.6 is 0 Å². The fourth-order valence-electron chi connectivity index (χ4n) is 4.07. The summed E-state index contributed by atoms with van der Waals surface area (Å²) in [5.74, 6) is -1.58. The second kappa shape index (κ2) is 6.26. The lowest BCUT2D eigenvalue weighted by Crippen LogP contribution is -2.51. The Kier molecular flexibility index (Phi) is 4.84. The number of carboxylic acid groups (broad SMARTS) is 1. The molecule has 0 aromatic carbocycles. The van der Waals surface area contributed by atoms with Crippen LogP contribution in [0.25, 0.3) is 0 Å². The van der Waals surface area contributed by atoms with Crippen molar-refractivity contribution in [3.8, 4) is 0 Å². The SMILES string of the molecule is COC(=O)C12CCCCCC1(C(=O)O)CN(C(=O)OC(C)(C)C)C2. The van der Waals surface area contributed by atoms with Crippen molar-refractivity contribution < 1.29 is 29.0 Å². The zero-order chi connectivity index (χ0) is 18.2. The van der Waals surface area contributed by atoms with Gasteiger partial charge in [-0.25, -0.2) is 4.79 Å². The molecule has 2 fully saturated rings. The Balaban J connectivity index is 2.43. The molecule has 1 N–H and O–H groups in total. The highest BCUT2D eigenvalue weighted by Crippen LogP contribution is 2.55. The molecule has 0 bridgehead atoms. The maximum atomic E-state index is 12.6. The third-order valence-corrected chi connectivity index (χ3v) is 5.18. The lowest BCUT2D eigenvalue weighted by molar-refractivity contribution is -0.172. The molecule has 2 aliphatic rings. The van der Waals surface area contributed by atoms with Crippen molar-refractivity contribution in [3.63, 3.8) is 0 Å². The highest BCUT2D eigenvalue weighted by molar-refractivity contribution is 5.90. The second-order valence-electron chi connectivity index (χ2n) is 7.86. The van der Waals surface area contributed by atoms with Gasteiger partial charge in [0.2, 0.25) is 0 Å². The third kappa shape index (κ3) is 2.96. The summed E-state index contributed by atoms with van der Waals surface area (Å²) in [5, 5.41) is 9.98. The van der Waals surface area contributed by atoms with E-state index in [4.69, 9.17) is 9.47 Å². The number of aliphatic carboxylic acids is 1. The molecule has 24 heavy (non-hydrogen) atoms. The molecule has 2 unspecified atom stereocenters. The van der Waals surface area contributed by atoms with Crippen LogP contribution in [0, 0.1) is 10.8 Å². The van der Waals surface area contributed by atoms with Crippen LogP contribution in [0.2, 0.25) is 0 Å². The van der Waals surface area contributed by atoms with Crippen molar-refractivity contribution in [2.24, 2.45) is 10.8 Å². The average molecular weight is 341 g/mol. The van der Waals surface area contributed by atoms with Gasteiger partial charge in [-0.1, -0.05) is 19.3 Å². The molecule has 1 amide bonds. The van der Waals surface area contributed by atoms with E-state index >= 15 is 0 Å². The van der Waals surface area contributed by atoms with Gasteiger partial charge in [-0.3, -0.25) is 9.59 Å². The summed E-state index contributed by atoms with van der Waals surface area (Å²) in [4.78, 5) is 38.7. The van der Waals surface area contributed by atoms with Gasteiger partial charge in [-0.15, -0.1) is 0 Å². The van der Waals surface area contributed by atoms with Gasteiger partial charge in [0.25, 0.3) is 0 Å². The number of ether oxygens (including phenoxy) is 2. The van der Waals surface area contributed by atoms with Crippen molar-refractivity contribution in [1.82, 2.24) is 4.90 Å². The molecule has 7 heteroatoms. The molecule has 2 rings (SSSR count). The first kappa shape index (κ1) is 18.5. The molecule has 7 nitrogen and oxygen atoms in total. The van der Waals surface area contributed by atoms with Crippen molar-refractivity contribution >= 4 is 18.0 Å². The number of hydrogen-bond acceptors (Lipinski definition) is 5. The number of methoxy groups -OCH3 is 1. The van der Waals surface area contributed by atoms with E-state index in [2.05, 4.69) is 0 Å². The maximum absolute atomic E-state index is 12.6. The molecule has 0 radical (unpaired) electrons. The molecule has 2 atom stereocenters. The lowest BCUT2D eigenvalue weighted by atomic mass is 9.62. The van der Waals surface area contributed by atoms with Crippen LogP contribution in [0.1, 0.15) is 52.9 Å². The van der Waals surface area contributed by atoms with Gasteiger partial charge in [0.05, 0.1) is 7.11 Å². The van der Waals surface area contributed by atoms with E-state index in [9.17, 15) is 19.5 Å². The number of rotatable bonds is 2. The van der Waals surface area contributed by atoms with Crippen molar-refractivity contribution in [2.75, 3.05) is 20.2 Å². The van der Waals surface area contributed by atoms with Crippen LogP contribution < -0.4 is 0 Å². The second-order valence-corrected chi connectivity index (χ2v) is 7.86. The number of amides is 1. The van der Waals surface area contributed by atoms with E-state index in [0.29, 0.717) is 19.3 Å². The summed E-state index contributed by atoms with van der Waals surface area (Å²) in [6, 6.07) is 0. The van der Waals surface area contributed by atoms with Crippen LogP contribution in [0.3, 0.4) is 0 Å². The van der Waals surface area contributed by atoms with E-state index in [-0.39, 0.29) is 13.1 Å². The van der Waals surface area contributed by atoms with E-state index in [1.165, 1.54) is 12.0 Å². The number of carbonyl (C=O) groups is 3. The van der Waals surface area contributed by atoms with Gasteiger partial charge < -0.3 is 19.5 Å². The van der Waals surface area contributed by atoms with E-state index in [1.807, 2.05) is 0 Å². The zero-order valence-corrected chi connectivity index (χ0v) is 14.9. The smallest absolute Gasteiger partial charge is 0.410 e. The number of likely N-dealkylation sites (tertiary alicyclic amines) is 1. The number of carbonyl (C=O) groups excluding carboxylic acids is 2. The predicted octanol–water partition coefficient (Wildman–Crippen LogP) is 2.43. The largest absolute Gasteiger partial charge is 0.481 e. The predicted molar refractivity (Wildman–Crippen MR) is 85.4 cm³/mol. The van der Waals surface area contributed by atoms with Gasteiger partial charge in [-0.05, 0) is 33.6 Å². The number of nitrogens with zero attached hydrogens (tertiary/aromatic N) is 1. The minimum atomic E-state index is -1.31. The summed E-state index contributed by atoms with van der Waals surface area (Å²) in [7, 11) is 1.27. The summed E-state index contributed by atoms with van der Waals surface area (Å²) in [6.45, 7) is 5.26. The van der Waals surface area contributed by atoms with Gasteiger partial charge in [0.15, 0.2) is 0 Å². The third-order valence-electron chi connectivity index (χ3n) is 5.18. The Morgan fingerprint density at radius 1 is 1.00 bits per heavy atom. The minimum Gasteiger partial charge on any atom is -0.481 e. The van der Waals surface area contributed by atoms with Crippen LogP contribution in [-0.2, 0) is 19.1 Å². The molecule has 1 saturated carbocycles. The van der Waals surface area contributed by atoms with Gasteiger partial charge in [0, 0.05) is 13.1 Å². The standard InChI is InChI=1S/C17H27NO6/c1-15(2,3)24-14(22)18-10-16(12(19)20)8-6-5-7-9-17(16,11-18)13(21)23-4/h5-11H2,1-4H3,(H,19,20). The number of esters is 1. The zero-order valence-electron chi connectivity index (χ0n) is 14.9. The molecular formula is C17H27NO6. The summed E-state index contributed by atoms with van der Waals surface area (Å²) in [5.41, 5.74) is -3.20. The van der Waals surface area contributed by atoms with Crippen LogP contribution in [0.15, 0.2) is 0 Å². The number of carboxylic acids is 1. The summed E-state index contributed by atoms with van der Waals surface area (Å²) in [6.07, 6.45) is 2.52.